The van der Waals surface area contributed by atoms with Crippen molar-refractivity contribution in [2.45, 2.75) is 52.1 Å². The lowest BCUT2D eigenvalue weighted by Crippen LogP contribution is -2.16. The van der Waals surface area contributed by atoms with Gasteiger partial charge in [-0.2, -0.15) is 0 Å². The van der Waals surface area contributed by atoms with E-state index < -0.39 is 0 Å². The maximum absolute atomic E-state index is 13.3. The Labute approximate surface area is 113 Å². The second-order valence-electron chi connectivity index (χ2n) is 5.00. The zero-order chi connectivity index (χ0) is 13.8. The summed E-state index contributed by atoms with van der Waals surface area (Å²) in [5.74, 6) is 0.638. The first kappa shape index (κ1) is 14.0. The van der Waals surface area contributed by atoms with Crippen LogP contribution in [0.4, 0.5) is 4.39 Å². The van der Waals surface area contributed by atoms with Gasteiger partial charge >= 0.3 is 0 Å². The molecular formula is C15H22FN3. The number of imidazole rings is 1. The number of nitrogens with zero attached hydrogens (tertiary/aromatic N) is 2. The van der Waals surface area contributed by atoms with Crippen LogP contribution in [0.25, 0.3) is 11.0 Å². The number of hydrogen-bond acceptors (Lipinski definition) is 2. The van der Waals surface area contributed by atoms with Crippen molar-refractivity contribution in [3.8, 4) is 0 Å². The van der Waals surface area contributed by atoms with Gasteiger partial charge in [0.25, 0.3) is 0 Å². The van der Waals surface area contributed by atoms with Crippen LogP contribution >= 0.6 is 0 Å². The average molecular weight is 263 g/mol. The van der Waals surface area contributed by atoms with Crippen molar-refractivity contribution in [3.63, 3.8) is 0 Å². The minimum absolute atomic E-state index is 0.0719. The molecule has 4 heteroatoms. The van der Waals surface area contributed by atoms with Crippen LogP contribution in [0.2, 0.25) is 0 Å². The zero-order valence-electron chi connectivity index (χ0n) is 11.7. The summed E-state index contributed by atoms with van der Waals surface area (Å²) in [6.45, 7) is 5.16. The van der Waals surface area contributed by atoms with Crippen LogP contribution in [-0.4, -0.2) is 9.55 Å². The molecule has 1 atom stereocenters. The number of aromatic nitrogens is 2. The predicted molar refractivity (Wildman–Crippen MR) is 76.4 cm³/mol. The molecular weight excluding hydrogens is 241 g/mol. The Kier molecular flexibility index (Phi) is 4.53. The van der Waals surface area contributed by atoms with E-state index in [1.165, 1.54) is 12.1 Å². The number of fused-ring (bicyclic) bond motifs is 1. The number of nitrogens with two attached hydrogens (primary N) is 1. The molecule has 0 amide bonds. The molecule has 0 bridgehead atoms. The molecule has 3 nitrogen and oxygen atoms in total. The van der Waals surface area contributed by atoms with Crippen LogP contribution in [0, 0.1) is 5.82 Å². The smallest absolute Gasteiger partial charge is 0.126 e. The first-order valence-corrected chi connectivity index (χ1v) is 7.08. The van der Waals surface area contributed by atoms with Crippen molar-refractivity contribution < 1.29 is 4.39 Å². The van der Waals surface area contributed by atoms with Gasteiger partial charge in [0, 0.05) is 12.6 Å². The predicted octanol–water partition coefficient (Wildman–Crippen LogP) is 3.78. The minimum Gasteiger partial charge on any atom is -0.327 e. The van der Waals surface area contributed by atoms with E-state index in [0.717, 1.165) is 43.6 Å². The summed E-state index contributed by atoms with van der Waals surface area (Å²) in [6.07, 6.45) is 4.11. The summed E-state index contributed by atoms with van der Waals surface area (Å²) < 4.78 is 15.4. The van der Waals surface area contributed by atoms with Crippen molar-refractivity contribution >= 4 is 11.0 Å². The van der Waals surface area contributed by atoms with Crippen LogP contribution in [0.5, 0.6) is 0 Å². The van der Waals surface area contributed by atoms with Crippen LogP contribution in [0.1, 0.15) is 51.4 Å². The molecule has 0 aliphatic heterocycles. The largest absolute Gasteiger partial charge is 0.327 e. The molecule has 0 radical (unpaired) electrons. The third-order valence-corrected chi connectivity index (χ3v) is 3.41. The van der Waals surface area contributed by atoms with E-state index in [9.17, 15) is 4.39 Å². The Balaban J connectivity index is 2.47. The number of halogens is 1. The first-order chi connectivity index (χ1) is 9.17. The standard InChI is InChI=1S/C15H22FN3/c1-3-5-9-19-14-8-7-11(16)10-13(14)18-15(19)12(17)6-4-2/h7-8,10,12H,3-6,9,17H2,1-2H3. The second kappa shape index (κ2) is 6.15. The molecule has 0 saturated carbocycles. The number of aryl methyl sites for hydroxylation is 1. The van der Waals surface area contributed by atoms with Gasteiger partial charge < -0.3 is 10.3 Å². The van der Waals surface area contributed by atoms with Crippen molar-refractivity contribution in [3.05, 3.63) is 29.8 Å². The Bertz CT molecular complexity index is 548. The van der Waals surface area contributed by atoms with Gasteiger partial charge in [-0.1, -0.05) is 26.7 Å². The van der Waals surface area contributed by atoms with E-state index in [1.54, 1.807) is 6.07 Å². The van der Waals surface area contributed by atoms with Crippen molar-refractivity contribution in [2.24, 2.45) is 5.73 Å². The normalized spacial score (nSPS) is 13.1. The summed E-state index contributed by atoms with van der Waals surface area (Å²) in [5.41, 5.74) is 7.89. The maximum atomic E-state index is 13.3. The Morgan fingerprint density at radius 2 is 2.11 bits per heavy atom. The molecule has 2 aromatic rings. The fourth-order valence-corrected chi connectivity index (χ4v) is 2.40. The summed E-state index contributed by atoms with van der Waals surface area (Å²) >= 11 is 0. The van der Waals surface area contributed by atoms with Gasteiger partial charge in [-0.05, 0) is 25.0 Å². The Morgan fingerprint density at radius 3 is 2.79 bits per heavy atom. The van der Waals surface area contributed by atoms with Gasteiger partial charge in [0.1, 0.15) is 11.6 Å². The molecule has 0 aliphatic rings. The molecule has 2 N–H and O–H groups in total. The molecule has 104 valence electrons. The van der Waals surface area contributed by atoms with E-state index in [1.807, 2.05) is 0 Å². The van der Waals surface area contributed by atoms with Gasteiger partial charge in [0.15, 0.2) is 0 Å². The highest BCUT2D eigenvalue weighted by molar-refractivity contribution is 5.76. The number of unbranched alkanes of at least 4 members (excludes halogenated alkanes) is 1. The molecule has 1 unspecified atom stereocenters. The molecule has 1 aromatic heterocycles. The molecule has 0 fully saturated rings. The van der Waals surface area contributed by atoms with Crippen LogP contribution < -0.4 is 5.73 Å². The van der Waals surface area contributed by atoms with Crippen molar-refractivity contribution in [2.75, 3.05) is 0 Å². The Morgan fingerprint density at radius 1 is 1.32 bits per heavy atom. The summed E-state index contributed by atoms with van der Waals surface area (Å²) in [5, 5.41) is 0. The van der Waals surface area contributed by atoms with Gasteiger partial charge in [-0.15, -0.1) is 0 Å². The molecule has 0 saturated heterocycles. The molecule has 0 aliphatic carbocycles. The third-order valence-electron chi connectivity index (χ3n) is 3.41. The van der Waals surface area contributed by atoms with Gasteiger partial charge in [0.05, 0.1) is 17.1 Å². The molecule has 1 aromatic carbocycles. The first-order valence-electron chi connectivity index (χ1n) is 7.08. The van der Waals surface area contributed by atoms with Crippen LogP contribution in [-0.2, 0) is 6.54 Å². The third kappa shape index (κ3) is 2.95. The topological polar surface area (TPSA) is 43.8 Å². The molecule has 2 rings (SSSR count). The van der Waals surface area contributed by atoms with Gasteiger partial charge in [-0.25, -0.2) is 9.37 Å². The lowest BCUT2D eigenvalue weighted by molar-refractivity contribution is 0.541. The van der Waals surface area contributed by atoms with E-state index in [-0.39, 0.29) is 11.9 Å². The summed E-state index contributed by atoms with van der Waals surface area (Å²) in [7, 11) is 0. The summed E-state index contributed by atoms with van der Waals surface area (Å²) in [6, 6.07) is 4.70. The van der Waals surface area contributed by atoms with E-state index in [4.69, 9.17) is 5.73 Å². The fourth-order valence-electron chi connectivity index (χ4n) is 2.40. The van der Waals surface area contributed by atoms with E-state index in [0.29, 0.717) is 5.52 Å². The van der Waals surface area contributed by atoms with Gasteiger partial charge in [-0.3, -0.25) is 0 Å². The molecule has 1 heterocycles. The average Bonchev–Trinajstić information content (AvgIpc) is 2.74. The van der Waals surface area contributed by atoms with E-state index in [2.05, 4.69) is 23.4 Å². The molecule has 19 heavy (non-hydrogen) atoms. The van der Waals surface area contributed by atoms with Crippen molar-refractivity contribution in [1.82, 2.24) is 9.55 Å². The quantitative estimate of drug-likeness (QED) is 0.862. The zero-order valence-corrected chi connectivity index (χ0v) is 11.7. The fraction of sp³-hybridized carbons (Fsp3) is 0.533. The highest BCUT2D eigenvalue weighted by atomic mass is 19.1. The second-order valence-corrected chi connectivity index (χ2v) is 5.00. The van der Waals surface area contributed by atoms with Crippen LogP contribution in [0.3, 0.4) is 0 Å². The highest BCUT2D eigenvalue weighted by Crippen LogP contribution is 2.23. The van der Waals surface area contributed by atoms with Gasteiger partial charge in [0.2, 0.25) is 0 Å². The van der Waals surface area contributed by atoms with E-state index >= 15 is 0 Å². The SMILES string of the molecule is CCCCn1c(C(N)CCC)nc2cc(F)ccc21. The monoisotopic (exact) mass is 263 g/mol. The number of benzene rings is 1. The minimum atomic E-state index is -0.247. The lowest BCUT2D eigenvalue weighted by Gasteiger charge is -2.13. The Hall–Kier alpha value is -1.42. The molecule has 0 spiro atoms. The lowest BCUT2D eigenvalue weighted by atomic mass is 10.1. The maximum Gasteiger partial charge on any atom is 0.126 e. The highest BCUT2D eigenvalue weighted by Gasteiger charge is 2.16. The summed E-state index contributed by atoms with van der Waals surface area (Å²) in [4.78, 5) is 4.54. The number of rotatable bonds is 6. The number of hydrogen-bond donors (Lipinski definition) is 1. The van der Waals surface area contributed by atoms with Crippen LogP contribution in [0.15, 0.2) is 18.2 Å². The van der Waals surface area contributed by atoms with Crippen molar-refractivity contribution in [1.29, 1.82) is 0 Å².